The molecule has 0 aliphatic heterocycles. The van der Waals surface area contributed by atoms with Crippen LogP contribution >= 0.6 is 12.2 Å². The summed E-state index contributed by atoms with van der Waals surface area (Å²) in [6.45, 7) is 2.98. The molecule has 1 aromatic rings. The SMILES string of the molecule is CCN(CC(N)=S)C(=O)CCCc1ccccc1. The molecule has 0 aliphatic rings. The van der Waals surface area contributed by atoms with E-state index in [1.807, 2.05) is 25.1 Å². The van der Waals surface area contributed by atoms with Crippen molar-refractivity contribution in [3.05, 3.63) is 35.9 Å². The Morgan fingerprint density at radius 2 is 2.00 bits per heavy atom. The van der Waals surface area contributed by atoms with Crippen LogP contribution in [-0.2, 0) is 11.2 Å². The van der Waals surface area contributed by atoms with E-state index in [1.165, 1.54) is 5.56 Å². The summed E-state index contributed by atoms with van der Waals surface area (Å²) in [5.41, 5.74) is 6.73. The van der Waals surface area contributed by atoms with Crippen molar-refractivity contribution in [3.63, 3.8) is 0 Å². The van der Waals surface area contributed by atoms with Crippen molar-refractivity contribution in [2.75, 3.05) is 13.1 Å². The smallest absolute Gasteiger partial charge is 0.222 e. The lowest BCUT2D eigenvalue weighted by molar-refractivity contribution is -0.130. The van der Waals surface area contributed by atoms with Crippen LogP contribution in [-0.4, -0.2) is 28.9 Å². The molecule has 1 amide bonds. The zero-order valence-electron chi connectivity index (χ0n) is 10.8. The van der Waals surface area contributed by atoms with Crippen molar-refractivity contribution in [1.29, 1.82) is 0 Å². The molecule has 3 nitrogen and oxygen atoms in total. The monoisotopic (exact) mass is 264 g/mol. The summed E-state index contributed by atoms with van der Waals surface area (Å²) in [6, 6.07) is 10.2. The van der Waals surface area contributed by atoms with Crippen molar-refractivity contribution in [2.45, 2.75) is 26.2 Å². The van der Waals surface area contributed by atoms with Gasteiger partial charge in [-0.15, -0.1) is 0 Å². The Kier molecular flexibility index (Phi) is 6.36. The second kappa shape index (κ2) is 7.82. The number of aryl methyl sites for hydroxylation is 1. The Bertz CT molecular complexity index is 392. The Morgan fingerprint density at radius 1 is 1.33 bits per heavy atom. The van der Waals surface area contributed by atoms with E-state index in [9.17, 15) is 4.79 Å². The van der Waals surface area contributed by atoms with Crippen molar-refractivity contribution in [1.82, 2.24) is 4.90 Å². The van der Waals surface area contributed by atoms with E-state index in [1.54, 1.807) is 4.90 Å². The maximum atomic E-state index is 11.9. The molecule has 0 unspecified atom stereocenters. The number of nitrogens with zero attached hydrogens (tertiary/aromatic N) is 1. The highest BCUT2D eigenvalue weighted by Gasteiger charge is 2.11. The van der Waals surface area contributed by atoms with E-state index in [2.05, 4.69) is 12.1 Å². The molecule has 0 fully saturated rings. The fraction of sp³-hybridized carbons (Fsp3) is 0.429. The van der Waals surface area contributed by atoms with Crippen molar-refractivity contribution < 1.29 is 4.79 Å². The maximum absolute atomic E-state index is 11.9. The summed E-state index contributed by atoms with van der Waals surface area (Å²) in [5, 5.41) is 0. The van der Waals surface area contributed by atoms with Gasteiger partial charge in [-0.1, -0.05) is 42.5 Å². The molecule has 0 heterocycles. The van der Waals surface area contributed by atoms with Gasteiger partial charge in [0, 0.05) is 13.0 Å². The van der Waals surface area contributed by atoms with Crippen LogP contribution in [0.3, 0.4) is 0 Å². The molecule has 0 saturated heterocycles. The highest BCUT2D eigenvalue weighted by molar-refractivity contribution is 7.80. The van der Waals surface area contributed by atoms with Crippen LogP contribution in [0.4, 0.5) is 0 Å². The normalized spacial score (nSPS) is 10.1. The molecule has 4 heteroatoms. The highest BCUT2D eigenvalue weighted by atomic mass is 32.1. The molecule has 2 N–H and O–H groups in total. The van der Waals surface area contributed by atoms with Gasteiger partial charge in [0.15, 0.2) is 0 Å². The lowest BCUT2D eigenvalue weighted by atomic mass is 10.1. The second-order valence-electron chi connectivity index (χ2n) is 4.21. The minimum Gasteiger partial charge on any atom is -0.392 e. The van der Waals surface area contributed by atoms with Gasteiger partial charge in [0.25, 0.3) is 0 Å². The van der Waals surface area contributed by atoms with E-state index >= 15 is 0 Å². The first-order valence-corrected chi connectivity index (χ1v) is 6.64. The van der Waals surface area contributed by atoms with Crippen molar-refractivity contribution >= 4 is 23.1 Å². The van der Waals surface area contributed by atoms with Crippen molar-refractivity contribution in [2.24, 2.45) is 5.73 Å². The van der Waals surface area contributed by atoms with Crippen LogP contribution < -0.4 is 5.73 Å². The number of thiocarbonyl (C=S) groups is 1. The minimum absolute atomic E-state index is 0.126. The molecule has 0 aromatic heterocycles. The summed E-state index contributed by atoms with van der Waals surface area (Å²) in [6.07, 6.45) is 2.33. The van der Waals surface area contributed by atoms with Gasteiger partial charge in [0.1, 0.15) is 0 Å². The van der Waals surface area contributed by atoms with Crippen LogP contribution in [0, 0.1) is 0 Å². The Balaban J connectivity index is 2.34. The molecule has 1 rings (SSSR count). The number of rotatable bonds is 7. The van der Waals surface area contributed by atoms with Gasteiger partial charge < -0.3 is 10.6 Å². The summed E-state index contributed by atoms with van der Waals surface area (Å²) < 4.78 is 0. The van der Waals surface area contributed by atoms with E-state index in [-0.39, 0.29) is 5.91 Å². The van der Waals surface area contributed by atoms with Crippen LogP contribution in [0.2, 0.25) is 0 Å². The molecular weight excluding hydrogens is 244 g/mol. The predicted octanol–water partition coefficient (Wildman–Crippen LogP) is 2.14. The Morgan fingerprint density at radius 3 is 2.56 bits per heavy atom. The molecular formula is C14H20N2OS. The van der Waals surface area contributed by atoms with Gasteiger partial charge in [-0.25, -0.2) is 0 Å². The van der Waals surface area contributed by atoms with E-state index < -0.39 is 0 Å². The highest BCUT2D eigenvalue weighted by Crippen LogP contribution is 2.06. The lowest BCUT2D eigenvalue weighted by Gasteiger charge is -2.20. The van der Waals surface area contributed by atoms with Gasteiger partial charge in [-0.05, 0) is 25.3 Å². The maximum Gasteiger partial charge on any atom is 0.222 e. The number of hydrogen-bond acceptors (Lipinski definition) is 2. The third kappa shape index (κ3) is 5.27. The summed E-state index contributed by atoms with van der Waals surface area (Å²) >= 11 is 4.83. The topological polar surface area (TPSA) is 46.3 Å². The number of amides is 1. The molecule has 98 valence electrons. The van der Waals surface area contributed by atoms with E-state index in [0.717, 1.165) is 12.8 Å². The number of likely N-dealkylation sites (N-methyl/N-ethyl adjacent to an activating group) is 1. The first-order valence-electron chi connectivity index (χ1n) is 6.23. The molecule has 18 heavy (non-hydrogen) atoms. The molecule has 0 aliphatic carbocycles. The number of nitrogens with two attached hydrogens (primary N) is 1. The van der Waals surface area contributed by atoms with Gasteiger partial charge in [-0.3, -0.25) is 4.79 Å². The Hall–Kier alpha value is -1.42. The molecule has 0 atom stereocenters. The van der Waals surface area contributed by atoms with E-state index in [4.69, 9.17) is 18.0 Å². The Labute approximate surface area is 114 Å². The van der Waals surface area contributed by atoms with Crippen LogP contribution in [0.15, 0.2) is 30.3 Å². The lowest BCUT2D eigenvalue weighted by Crippen LogP contribution is -2.37. The van der Waals surface area contributed by atoms with Gasteiger partial charge in [0.2, 0.25) is 5.91 Å². The third-order valence-electron chi connectivity index (χ3n) is 2.78. The quantitative estimate of drug-likeness (QED) is 0.768. The zero-order chi connectivity index (χ0) is 13.4. The summed E-state index contributed by atoms with van der Waals surface area (Å²) in [4.78, 5) is 14.0. The van der Waals surface area contributed by atoms with Crippen LogP contribution in [0.1, 0.15) is 25.3 Å². The van der Waals surface area contributed by atoms with Gasteiger partial charge in [-0.2, -0.15) is 0 Å². The van der Waals surface area contributed by atoms with Crippen LogP contribution in [0.5, 0.6) is 0 Å². The number of carbonyl (C=O) groups is 1. The standard InChI is InChI=1S/C14H20N2OS/c1-2-16(11-13(15)18)14(17)10-6-9-12-7-4-3-5-8-12/h3-5,7-8H,2,6,9-11H2,1H3,(H2,15,18). The fourth-order valence-corrected chi connectivity index (χ4v) is 1.97. The second-order valence-corrected chi connectivity index (χ2v) is 4.74. The molecule has 0 spiro atoms. The molecule has 1 aromatic carbocycles. The van der Waals surface area contributed by atoms with Gasteiger partial charge >= 0.3 is 0 Å². The summed E-state index contributed by atoms with van der Waals surface area (Å²) in [5.74, 6) is 0.126. The van der Waals surface area contributed by atoms with Crippen LogP contribution in [0.25, 0.3) is 0 Å². The fourth-order valence-electron chi connectivity index (χ4n) is 1.81. The largest absolute Gasteiger partial charge is 0.392 e. The third-order valence-corrected chi connectivity index (χ3v) is 2.91. The minimum atomic E-state index is 0.126. The molecule has 0 saturated carbocycles. The number of benzene rings is 1. The first-order chi connectivity index (χ1) is 8.63. The summed E-state index contributed by atoms with van der Waals surface area (Å²) in [7, 11) is 0. The molecule has 0 bridgehead atoms. The van der Waals surface area contributed by atoms with E-state index in [0.29, 0.717) is 24.5 Å². The average molecular weight is 264 g/mol. The molecule has 0 radical (unpaired) electrons. The number of carbonyl (C=O) groups excluding carboxylic acids is 1. The first kappa shape index (κ1) is 14.6. The number of hydrogen-bond donors (Lipinski definition) is 1. The predicted molar refractivity (Wildman–Crippen MR) is 78.4 cm³/mol. The van der Waals surface area contributed by atoms with Crippen molar-refractivity contribution in [3.8, 4) is 0 Å². The zero-order valence-corrected chi connectivity index (χ0v) is 11.6. The average Bonchev–Trinajstić information content (AvgIpc) is 2.36. The van der Waals surface area contributed by atoms with Gasteiger partial charge in [0.05, 0.1) is 11.5 Å².